The summed E-state index contributed by atoms with van der Waals surface area (Å²) < 4.78 is 29.1. The zero-order valence-electron chi connectivity index (χ0n) is 13.5. The van der Waals surface area contributed by atoms with Crippen molar-refractivity contribution in [3.8, 4) is 39.1 Å². The van der Waals surface area contributed by atoms with Crippen LogP contribution in [-0.2, 0) is 0 Å². The SMILES string of the molecule is COc1cc(-c2csc(-c3ccc(F)cc3)n2)cc(OC)c1OC. The molecule has 0 saturated heterocycles. The number of hydrogen-bond donors (Lipinski definition) is 0. The molecule has 0 spiro atoms. The summed E-state index contributed by atoms with van der Waals surface area (Å²) in [7, 11) is 4.72. The first-order chi connectivity index (χ1) is 11.7. The molecule has 0 aliphatic heterocycles. The van der Waals surface area contributed by atoms with Gasteiger partial charge in [-0.15, -0.1) is 11.3 Å². The molecule has 0 saturated carbocycles. The maximum Gasteiger partial charge on any atom is 0.203 e. The molecule has 0 bridgehead atoms. The van der Waals surface area contributed by atoms with E-state index in [0.29, 0.717) is 17.2 Å². The minimum absolute atomic E-state index is 0.264. The van der Waals surface area contributed by atoms with E-state index in [9.17, 15) is 4.39 Å². The third kappa shape index (κ3) is 3.05. The monoisotopic (exact) mass is 345 g/mol. The smallest absolute Gasteiger partial charge is 0.203 e. The molecular weight excluding hydrogens is 329 g/mol. The fraction of sp³-hybridized carbons (Fsp3) is 0.167. The largest absolute Gasteiger partial charge is 0.493 e. The molecule has 3 rings (SSSR count). The summed E-state index contributed by atoms with van der Waals surface area (Å²) in [5.41, 5.74) is 2.52. The normalized spacial score (nSPS) is 10.5. The van der Waals surface area contributed by atoms with Crippen LogP contribution in [0.1, 0.15) is 0 Å². The van der Waals surface area contributed by atoms with Gasteiger partial charge in [-0.2, -0.15) is 0 Å². The van der Waals surface area contributed by atoms with E-state index in [1.807, 2.05) is 17.5 Å². The molecule has 0 aliphatic rings. The van der Waals surface area contributed by atoms with Crippen LogP contribution in [0, 0.1) is 5.82 Å². The molecule has 24 heavy (non-hydrogen) atoms. The van der Waals surface area contributed by atoms with E-state index in [1.165, 1.54) is 23.5 Å². The second kappa shape index (κ2) is 6.88. The molecule has 4 nitrogen and oxygen atoms in total. The van der Waals surface area contributed by atoms with Crippen LogP contribution in [0.2, 0.25) is 0 Å². The van der Waals surface area contributed by atoms with Gasteiger partial charge in [-0.3, -0.25) is 0 Å². The van der Waals surface area contributed by atoms with Crippen LogP contribution in [-0.4, -0.2) is 26.3 Å². The number of benzene rings is 2. The number of thiazole rings is 1. The lowest BCUT2D eigenvalue weighted by Gasteiger charge is -2.13. The van der Waals surface area contributed by atoms with Crippen LogP contribution in [0.3, 0.4) is 0 Å². The third-order valence-electron chi connectivity index (χ3n) is 3.56. The number of methoxy groups -OCH3 is 3. The molecule has 3 aromatic rings. The number of nitrogens with zero attached hydrogens (tertiary/aromatic N) is 1. The maximum atomic E-state index is 13.1. The van der Waals surface area contributed by atoms with E-state index >= 15 is 0 Å². The predicted molar refractivity (Wildman–Crippen MR) is 92.6 cm³/mol. The Morgan fingerprint density at radius 1 is 0.875 bits per heavy atom. The van der Waals surface area contributed by atoms with Crippen molar-refractivity contribution in [2.75, 3.05) is 21.3 Å². The molecular formula is C18H16FNO3S. The van der Waals surface area contributed by atoms with Gasteiger partial charge < -0.3 is 14.2 Å². The fourth-order valence-corrected chi connectivity index (χ4v) is 3.20. The Hall–Kier alpha value is -2.60. The number of rotatable bonds is 5. The van der Waals surface area contributed by atoms with Crippen LogP contribution < -0.4 is 14.2 Å². The summed E-state index contributed by atoms with van der Waals surface area (Å²) in [6.45, 7) is 0. The van der Waals surface area contributed by atoms with Crippen molar-refractivity contribution in [2.24, 2.45) is 0 Å². The van der Waals surface area contributed by atoms with Crippen molar-refractivity contribution in [3.63, 3.8) is 0 Å². The Morgan fingerprint density at radius 3 is 2.04 bits per heavy atom. The van der Waals surface area contributed by atoms with E-state index < -0.39 is 0 Å². The Balaban J connectivity index is 2.02. The van der Waals surface area contributed by atoms with Gasteiger partial charge in [0.05, 0.1) is 27.0 Å². The number of hydrogen-bond acceptors (Lipinski definition) is 5. The molecule has 0 radical (unpaired) electrons. The zero-order valence-corrected chi connectivity index (χ0v) is 14.3. The minimum Gasteiger partial charge on any atom is -0.493 e. The van der Waals surface area contributed by atoms with Crippen LogP contribution in [0.4, 0.5) is 4.39 Å². The molecule has 6 heteroatoms. The average Bonchev–Trinajstić information content (AvgIpc) is 3.11. The summed E-state index contributed by atoms with van der Waals surface area (Å²) in [6.07, 6.45) is 0. The summed E-state index contributed by atoms with van der Waals surface area (Å²) in [5, 5.41) is 2.76. The van der Waals surface area contributed by atoms with Gasteiger partial charge >= 0.3 is 0 Å². The summed E-state index contributed by atoms with van der Waals surface area (Å²) in [6, 6.07) is 9.99. The lowest BCUT2D eigenvalue weighted by Crippen LogP contribution is -1.95. The maximum absolute atomic E-state index is 13.1. The van der Waals surface area contributed by atoms with Crippen molar-refractivity contribution < 1.29 is 18.6 Å². The van der Waals surface area contributed by atoms with E-state index in [4.69, 9.17) is 14.2 Å². The second-order valence-corrected chi connectivity index (χ2v) is 5.82. The Bertz CT molecular complexity index is 821. The highest BCUT2D eigenvalue weighted by Gasteiger charge is 2.16. The molecule has 124 valence electrons. The van der Waals surface area contributed by atoms with Crippen LogP contribution in [0.25, 0.3) is 21.8 Å². The molecule has 0 N–H and O–H groups in total. The van der Waals surface area contributed by atoms with Gasteiger partial charge in [0.1, 0.15) is 10.8 Å². The highest BCUT2D eigenvalue weighted by atomic mass is 32.1. The quantitative estimate of drug-likeness (QED) is 0.675. The first kappa shape index (κ1) is 16.3. The zero-order chi connectivity index (χ0) is 17.1. The highest BCUT2D eigenvalue weighted by Crippen LogP contribution is 2.41. The van der Waals surface area contributed by atoms with Crippen molar-refractivity contribution >= 4 is 11.3 Å². The molecule has 0 amide bonds. The molecule has 0 unspecified atom stereocenters. The molecule has 1 heterocycles. The first-order valence-corrected chi connectivity index (χ1v) is 8.06. The molecule has 0 fully saturated rings. The number of aromatic nitrogens is 1. The Kier molecular flexibility index (Phi) is 4.66. The number of ether oxygens (including phenoxy) is 3. The molecule has 0 atom stereocenters. The topological polar surface area (TPSA) is 40.6 Å². The third-order valence-corrected chi connectivity index (χ3v) is 4.45. The van der Waals surface area contributed by atoms with Crippen molar-refractivity contribution in [2.45, 2.75) is 0 Å². The van der Waals surface area contributed by atoms with Gasteiger partial charge in [-0.05, 0) is 36.4 Å². The highest BCUT2D eigenvalue weighted by molar-refractivity contribution is 7.13. The Labute approximate surface area is 143 Å². The second-order valence-electron chi connectivity index (χ2n) is 4.96. The van der Waals surface area contributed by atoms with Crippen LogP contribution in [0.5, 0.6) is 17.2 Å². The van der Waals surface area contributed by atoms with Gasteiger partial charge in [0.15, 0.2) is 11.5 Å². The van der Waals surface area contributed by atoms with E-state index in [2.05, 4.69) is 4.98 Å². The molecule has 2 aromatic carbocycles. The van der Waals surface area contributed by atoms with Crippen LogP contribution in [0.15, 0.2) is 41.8 Å². The van der Waals surface area contributed by atoms with E-state index in [0.717, 1.165) is 21.8 Å². The van der Waals surface area contributed by atoms with E-state index in [-0.39, 0.29) is 5.82 Å². The Morgan fingerprint density at radius 2 is 1.50 bits per heavy atom. The average molecular weight is 345 g/mol. The van der Waals surface area contributed by atoms with Crippen molar-refractivity contribution in [1.29, 1.82) is 0 Å². The van der Waals surface area contributed by atoms with Crippen LogP contribution >= 0.6 is 11.3 Å². The van der Waals surface area contributed by atoms with Gasteiger partial charge in [0, 0.05) is 16.5 Å². The van der Waals surface area contributed by atoms with E-state index in [1.54, 1.807) is 33.5 Å². The first-order valence-electron chi connectivity index (χ1n) is 7.18. The summed E-state index contributed by atoms with van der Waals surface area (Å²) in [5.74, 6) is 1.42. The van der Waals surface area contributed by atoms with Gasteiger partial charge in [-0.1, -0.05) is 0 Å². The summed E-state index contributed by atoms with van der Waals surface area (Å²) in [4.78, 5) is 4.63. The van der Waals surface area contributed by atoms with Crippen molar-refractivity contribution in [3.05, 3.63) is 47.6 Å². The van der Waals surface area contributed by atoms with Gasteiger partial charge in [-0.25, -0.2) is 9.37 Å². The minimum atomic E-state index is -0.264. The predicted octanol–water partition coefficient (Wildman–Crippen LogP) is 4.64. The van der Waals surface area contributed by atoms with Gasteiger partial charge in [0.2, 0.25) is 5.75 Å². The fourth-order valence-electron chi connectivity index (χ4n) is 2.36. The van der Waals surface area contributed by atoms with Gasteiger partial charge in [0.25, 0.3) is 0 Å². The standard InChI is InChI=1S/C18H16FNO3S/c1-21-15-8-12(9-16(22-2)17(15)23-3)14-10-24-18(20-14)11-4-6-13(19)7-5-11/h4-10H,1-3H3. The number of halogens is 1. The molecule has 0 aliphatic carbocycles. The molecule has 1 aromatic heterocycles. The van der Waals surface area contributed by atoms with Crippen molar-refractivity contribution in [1.82, 2.24) is 4.98 Å². The summed E-state index contributed by atoms with van der Waals surface area (Å²) >= 11 is 1.49. The lowest BCUT2D eigenvalue weighted by molar-refractivity contribution is 0.324. The lowest BCUT2D eigenvalue weighted by atomic mass is 10.1.